The molecule has 0 heterocycles. The molecule has 0 aliphatic rings. The Morgan fingerprint density at radius 1 is 0.727 bits per heavy atom. The molecular weight excluding hydrogens is 182 g/mol. The highest BCUT2D eigenvalue weighted by molar-refractivity contribution is 4.25. The van der Waals surface area contributed by atoms with Crippen LogP contribution in [0.4, 0.5) is 26.3 Å². The minimum absolute atomic E-state index is 1.88. The molecule has 0 radical (unpaired) electrons. The maximum Gasteiger partial charge on any atom is 0.524 e. The summed E-state index contributed by atoms with van der Waals surface area (Å²) in [6.07, 6.45) is -10.2. The standard InChI is InChI=1S/C3H2F6O2/c4-2(5,6)10-1-11-3(7,8)9/h1H2. The Balaban J connectivity index is 3.44. The van der Waals surface area contributed by atoms with E-state index in [1.54, 1.807) is 0 Å². The first-order valence-electron chi connectivity index (χ1n) is 2.12. The van der Waals surface area contributed by atoms with Crippen LogP contribution >= 0.6 is 0 Å². The summed E-state index contributed by atoms with van der Waals surface area (Å²) in [6, 6.07) is 0. The Morgan fingerprint density at radius 3 is 1.18 bits per heavy atom. The number of halogens is 6. The molecule has 2 nitrogen and oxygen atoms in total. The second-order valence-corrected chi connectivity index (χ2v) is 1.30. The monoisotopic (exact) mass is 184 g/mol. The summed E-state index contributed by atoms with van der Waals surface area (Å²) in [5.74, 6) is 0. The lowest BCUT2D eigenvalue weighted by molar-refractivity contribution is -0.406. The van der Waals surface area contributed by atoms with Crippen molar-refractivity contribution in [2.45, 2.75) is 12.7 Å². The average Bonchev–Trinajstić information content (AvgIpc) is 1.55. The van der Waals surface area contributed by atoms with Crippen LogP contribution in [0.5, 0.6) is 0 Å². The number of hydrogen-bond donors (Lipinski definition) is 0. The van der Waals surface area contributed by atoms with E-state index in [4.69, 9.17) is 0 Å². The van der Waals surface area contributed by atoms with E-state index in [-0.39, 0.29) is 0 Å². The van der Waals surface area contributed by atoms with Crippen LogP contribution in [0, 0.1) is 0 Å². The molecule has 0 amide bonds. The van der Waals surface area contributed by atoms with Gasteiger partial charge in [0.25, 0.3) is 0 Å². The lowest BCUT2D eigenvalue weighted by Crippen LogP contribution is -2.21. The molecule has 0 spiro atoms. The molecule has 8 heteroatoms. The quantitative estimate of drug-likeness (QED) is 0.482. The maximum absolute atomic E-state index is 11.0. The molecule has 0 aliphatic heterocycles. The first kappa shape index (κ1) is 10.5. The molecule has 0 aromatic rings. The zero-order valence-electron chi connectivity index (χ0n) is 4.79. The fourth-order valence-electron chi connectivity index (χ4n) is 0.163. The summed E-state index contributed by atoms with van der Waals surface area (Å²) in [4.78, 5) is 0. The van der Waals surface area contributed by atoms with Gasteiger partial charge in [0.15, 0.2) is 6.79 Å². The van der Waals surface area contributed by atoms with Crippen molar-refractivity contribution < 1.29 is 35.8 Å². The van der Waals surface area contributed by atoms with Crippen LogP contribution in [0.25, 0.3) is 0 Å². The van der Waals surface area contributed by atoms with Crippen molar-refractivity contribution in [3.63, 3.8) is 0 Å². The summed E-state index contributed by atoms with van der Waals surface area (Å²) in [5.41, 5.74) is 0. The van der Waals surface area contributed by atoms with E-state index in [0.717, 1.165) is 0 Å². The summed E-state index contributed by atoms with van der Waals surface area (Å²) < 4.78 is 71.1. The van der Waals surface area contributed by atoms with Gasteiger partial charge in [0.2, 0.25) is 0 Å². The van der Waals surface area contributed by atoms with Crippen LogP contribution in [0.15, 0.2) is 0 Å². The zero-order valence-corrected chi connectivity index (χ0v) is 4.79. The molecule has 0 aliphatic carbocycles. The first-order valence-corrected chi connectivity index (χ1v) is 2.12. The highest BCUT2D eigenvalue weighted by Crippen LogP contribution is 2.20. The first-order chi connectivity index (χ1) is 4.71. The van der Waals surface area contributed by atoms with Crippen molar-refractivity contribution in [3.8, 4) is 0 Å². The van der Waals surface area contributed by atoms with Gasteiger partial charge in [0, 0.05) is 0 Å². The number of hydrogen-bond acceptors (Lipinski definition) is 2. The molecule has 0 bridgehead atoms. The van der Waals surface area contributed by atoms with Gasteiger partial charge in [-0.2, -0.15) is 0 Å². The van der Waals surface area contributed by atoms with E-state index in [9.17, 15) is 26.3 Å². The lowest BCUT2D eigenvalue weighted by atomic mass is 11.2. The van der Waals surface area contributed by atoms with Crippen LogP contribution in [-0.2, 0) is 9.47 Å². The second kappa shape index (κ2) is 3.26. The Morgan fingerprint density at radius 2 is 1.00 bits per heavy atom. The third-order valence-electron chi connectivity index (χ3n) is 0.445. The van der Waals surface area contributed by atoms with Crippen LogP contribution in [-0.4, -0.2) is 19.5 Å². The van der Waals surface area contributed by atoms with Crippen molar-refractivity contribution >= 4 is 0 Å². The van der Waals surface area contributed by atoms with Gasteiger partial charge in [-0.25, -0.2) is 0 Å². The molecule has 0 saturated carbocycles. The topological polar surface area (TPSA) is 18.5 Å². The predicted molar refractivity (Wildman–Crippen MR) is 19.1 cm³/mol. The molecule has 0 unspecified atom stereocenters. The molecule has 0 fully saturated rings. The van der Waals surface area contributed by atoms with Crippen molar-refractivity contribution in [1.29, 1.82) is 0 Å². The molecule has 0 saturated heterocycles. The van der Waals surface area contributed by atoms with Gasteiger partial charge >= 0.3 is 12.7 Å². The molecule has 0 aromatic carbocycles. The molecule has 0 N–H and O–H groups in total. The van der Waals surface area contributed by atoms with Crippen molar-refractivity contribution in [2.75, 3.05) is 6.79 Å². The fourth-order valence-corrected chi connectivity index (χ4v) is 0.163. The molecule has 0 aromatic heterocycles. The van der Waals surface area contributed by atoms with Gasteiger partial charge in [-0.15, -0.1) is 26.3 Å². The molecule has 68 valence electrons. The highest BCUT2D eigenvalue weighted by atomic mass is 19.4. The molecule has 0 rings (SSSR count). The van der Waals surface area contributed by atoms with E-state index in [2.05, 4.69) is 9.47 Å². The summed E-state index contributed by atoms with van der Waals surface area (Å²) in [5, 5.41) is 0. The molecule has 11 heavy (non-hydrogen) atoms. The number of rotatable bonds is 2. The third kappa shape index (κ3) is 9.50. The van der Waals surface area contributed by atoms with Gasteiger partial charge in [-0.05, 0) is 0 Å². The summed E-state index contributed by atoms with van der Waals surface area (Å²) in [6.45, 7) is -1.88. The van der Waals surface area contributed by atoms with Crippen molar-refractivity contribution in [3.05, 3.63) is 0 Å². The van der Waals surface area contributed by atoms with Crippen LogP contribution in [0.2, 0.25) is 0 Å². The van der Waals surface area contributed by atoms with Gasteiger partial charge in [0.05, 0.1) is 0 Å². The second-order valence-electron chi connectivity index (χ2n) is 1.30. The number of ether oxygens (including phenoxy) is 2. The normalized spacial score (nSPS) is 13.6. The van der Waals surface area contributed by atoms with Crippen molar-refractivity contribution in [2.24, 2.45) is 0 Å². The van der Waals surface area contributed by atoms with Gasteiger partial charge < -0.3 is 0 Å². The van der Waals surface area contributed by atoms with E-state index in [0.29, 0.717) is 0 Å². The summed E-state index contributed by atoms with van der Waals surface area (Å²) in [7, 11) is 0. The molecular formula is C3H2F6O2. The SMILES string of the molecule is FC(F)(F)OCOC(F)(F)F. The minimum atomic E-state index is -5.11. The average molecular weight is 184 g/mol. The largest absolute Gasteiger partial charge is 0.524 e. The van der Waals surface area contributed by atoms with E-state index in [1.807, 2.05) is 0 Å². The smallest absolute Gasteiger partial charge is 0.265 e. The Kier molecular flexibility index (Phi) is 3.12. The Bertz CT molecular complexity index is 100.0. The fraction of sp³-hybridized carbons (Fsp3) is 1.00. The van der Waals surface area contributed by atoms with Crippen molar-refractivity contribution in [1.82, 2.24) is 0 Å². The van der Waals surface area contributed by atoms with Crippen LogP contribution < -0.4 is 0 Å². The van der Waals surface area contributed by atoms with Crippen LogP contribution in [0.3, 0.4) is 0 Å². The maximum atomic E-state index is 11.0. The van der Waals surface area contributed by atoms with Gasteiger partial charge in [0.1, 0.15) is 0 Å². The Labute approximate surface area is 56.7 Å². The summed E-state index contributed by atoms with van der Waals surface area (Å²) >= 11 is 0. The lowest BCUT2D eigenvalue weighted by Gasteiger charge is -2.09. The van der Waals surface area contributed by atoms with Gasteiger partial charge in [-0.1, -0.05) is 0 Å². The highest BCUT2D eigenvalue weighted by Gasteiger charge is 2.34. The predicted octanol–water partition coefficient (Wildman–Crippen LogP) is 2.02. The third-order valence-corrected chi connectivity index (χ3v) is 0.445. The van der Waals surface area contributed by atoms with Crippen LogP contribution in [0.1, 0.15) is 0 Å². The number of alkyl halides is 6. The van der Waals surface area contributed by atoms with Gasteiger partial charge in [-0.3, -0.25) is 9.47 Å². The Hall–Kier alpha value is -0.500. The van der Waals surface area contributed by atoms with E-state index >= 15 is 0 Å². The van der Waals surface area contributed by atoms with E-state index < -0.39 is 19.5 Å². The zero-order chi connectivity index (χ0) is 9.12. The molecule has 0 atom stereocenters. The van der Waals surface area contributed by atoms with E-state index in [1.165, 1.54) is 0 Å². The minimum Gasteiger partial charge on any atom is -0.265 e.